The van der Waals surface area contributed by atoms with Crippen LogP contribution in [0.25, 0.3) is 0 Å². The lowest BCUT2D eigenvalue weighted by Gasteiger charge is -2.29. The van der Waals surface area contributed by atoms with Gasteiger partial charge in [-0.1, -0.05) is 0 Å². The zero-order valence-electron chi connectivity index (χ0n) is 11.7. The first-order valence-electron chi connectivity index (χ1n) is 6.92. The summed E-state index contributed by atoms with van der Waals surface area (Å²) in [7, 11) is 0. The van der Waals surface area contributed by atoms with Gasteiger partial charge in [0.1, 0.15) is 0 Å². The lowest BCUT2D eigenvalue weighted by molar-refractivity contribution is -0.138. The number of rotatable bonds is 6. The highest BCUT2D eigenvalue weighted by Crippen LogP contribution is 2.12. The number of hydrogen-bond acceptors (Lipinski definition) is 3. The number of aliphatic carboxylic acids is 1. The third-order valence-corrected chi connectivity index (χ3v) is 3.36. The molecule has 2 unspecified atom stereocenters. The molecule has 1 aliphatic heterocycles. The van der Waals surface area contributed by atoms with E-state index in [2.05, 4.69) is 5.32 Å². The van der Waals surface area contributed by atoms with Crippen LogP contribution in [0, 0.1) is 0 Å². The Labute approximate surface area is 114 Å². The van der Waals surface area contributed by atoms with Gasteiger partial charge in [-0.05, 0) is 33.1 Å². The quantitative estimate of drug-likeness (QED) is 0.767. The van der Waals surface area contributed by atoms with Crippen molar-refractivity contribution in [3.63, 3.8) is 0 Å². The minimum absolute atomic E-state index is 0.0405. The van der Waals surface area contributed by atoms with Gasteiger partial charge in [-0.15, -0.1) is 0 Å². The molecule has 1 rings (SSSR count). The van der Waals surface area contributed by atoms with Crippen molar-refractivity contribution in [1.82, 2.24) is 10.2 Å². The molecular formula is C13H24N2O4. The Kier molecular flexibility index (Phi) is 6.62. The number of hydrogen-bond donors (Lipinski definition) is 2. The van der Waals surface area contributed by atoms with Crippen LogP contribution in [-0.4, -0.2) is 53.8 Å². The molecule has 0 aromatic rings. The maximum absolute atomic E-state index is 12.0. The Morgan fingerprint density at radius 1 is 1.47 bits per heavy atom. The molecule has 19 heavy (non-hydrogen) atoms. The van der Waals surface area contributed by atoms with E-state index in [1.807, 2.05) is 6.92 Å². The second-order valence-corrected chi connectivity index (χ2v) is 4.91. The van der Waals surface area contributed by atoms with Crippen LogP contribution in [0.4, 0.5) is 4.79 Å². The van der Waals surface area contributed by atoms with Gasteiger partial charge >= 0.3 is 12.0 Å². The van der Waals surface area contributed by atoms with E-state index in [-0.39, 0.29) is 24.6 Å². The summed E-state index contributed by atoms with van der Waals surface area (Å²) in [5.41, 5.74) is 0. The Hall–Kier alpha value is -1.30. The molecule has 0 aliphatic carbocycles. The molecule has 0 bridgehead atoms. The van der Waals surface area contributed by atoms with Crippen molar-refractivity contribution >= 4 is 12.0 Å². The summed E-state index contributed by atoms with van der Waals surface area (Å²) in [6.07, 6.45) is 3.23. The fraction of sp³-hybridized carbons (Fsp3) is 0.846. The summed E-state index contributed by atoms with van der Waals surface area (Å²) < 4.78 is 5.54. The van der Waals surface area contributed by atoms with Crippen LogP contribution >= 0.6 is 0 Å². The van der Waals surface area contributed by atoms with E-state index in [4.69, 9.17) is 9.84 Å². The van der Waals surface area contributed by atoms with Gasteiger partial charge in [-0.2, -0.15) is 0 Å². The number of carbonyl (C=O) groups is 2. The van der Waals surface area contributed by atoms with E-state index in [9.17, 15) is 9.59 Å². The van der Waals surface area contributed by atoms with Gasteiger partial charge in [0, 0.05) is 25.7 Å². The molecule has 1 aliphatic rings. The number of carbonyl (C=O) groups excluding carboxylic acids is 1. The van der Waals surface area contributed by atoms with Crippen molar-refractivity contribution < 1.29 is 19.4 Å². The predicted molar refractivity (Wildman–Crippen MR) is 71.1 cm³/mol. The molecular weight excluding hydrogens is 248 g/mol. The van der Waals surface area contributed by atoms with Crippen molar-refractivity contribution in [3.05, 3.63) is 0 Å². The highest BCUT2D eigenvalue weighted by Gasteiger charge is 2.22. The highest BCUT2D eigenvalue weighted by atomic mass is 16.5. The number of nitrogens with zero attached hydrogens (tertiary/aromatic N) is 1. The van der Waals surface area contributed by atoms with Crippen molar-refractivity contribution in [2.24, 2.45) is 0 Å². The molecule has 0 radical (unpaired) electrons. The molecule has 2 atom stereocenters. The van der Waals surface area contributed by atoms with Gasteiger partial charge in [-0.3, -0.25) is 4.79 Å². The Morgan fingerprint density at radius 3 is 2.74 bits per heavy atom. The topological polar surface area (TPSA) is 78.9 Å². The SMILES string of the molecule is CCN(C(=O)NCC1CCCCO1)C(C)CC(=O)O. The summed E-state index contributed by atoms with van der Waals surface area (Å²) in [6, 6.07) is -0.528. The van der Waals surface area contributed by atoms with Gasteiger partial charge in [0.25, 0.3) is 0 Å². The maximum Gasteiger partial charge on any atom is 0.317 e. The normalized spacial score (nSPS) is 20.6. The summed E-state index contributed by atoms with van der Waals surface area (Å²) in [6.45, 7) is 5.33. The van der Waals surface area contributed by atoms with Gasteiger partial charge < -0.3 is 20.1 Å². The molecule has 6 heteroatoms. The Bertz CT molecular complexity index is 303. The smallest absolute Gasteiger partial charge is 0.317 e. The molecule has 0 saturated carbocycles. The second-order valence-electron chi connectivity index (χ2n) is 4.91. The van der Waals surface area contributed by atoms with Gasteiger partial charge in [0.05, 0.1) is 12.5 Å². The van der Waals surface area contributed by atoms with E-state index in [1.165, 1.54) is 4.90 Å². The zero-order valence-corrected chi connectivity index (χ0v) is 11.7. The van der Waals surface area contributed by atoms with E-state index in [1.54, 1.807) is 6.92 Å². The number of urea groups is 1. The van der Waals surface area contributed by atoms with E-state index in [0.29, 0.717) is 13.1 Å². The monoisotopic (exact) mass is 272 g/mol. The number of nitrogens with one attached hydrogen (secondary N) is 1. The molecule has 0 aromatic carbocycles. The molecule has 0 aromatic heterocycles. The second kappa shape index (κ2) is 7.99. The standard InChI is InChI=1S/C13H24N2O4/c1-3-15(10(2)8-12(16)17)13(18)14-9-11-6-4-5-7-19-11/h10-11H,3-9H2,1-2H3,(H,14,18)(H,16,17). The van der Waals surface area contributed by atoms with Crippen molar-refractivity contribution in [1.29, 1.82) is 0 Å². The van der Waals surface area contributed by atoms with Crippen LogP contribution in [0.1, 0.15) is 39.5 Å². The van der Waals surface area contributed by atoms with Crippen LogP contribution < -0.4 is 5.32 Å². The summed E-state index contributed by atoms with van der Waals surface area (Å²) >= 11 is 0. The van der Waals surface area contributed by atoms with Gasteiger partial charge in [0.2, 0.25) is 0 Å². The third kappa shape index (κ3) is 5.46. The van der Waals surface area contributed by atoms with Crippen LogP contribution in [0.5, 0.6) is 0 Å². The summed E-state index contributed by atoms with van der Waals surface area (Å²) in [4.78, 5) is 24.2. The average Bonchev–Trinajstić information content (AvgIpc) is 2.37. The van der Waals surface area contributed by atoms with Crippen molar-refractivity contribution in [2.45, 2.75) is 51.7 Å². The van der Waals surface area contributed by atoms with Crippen molar-refractivity contribution in [2.75, 3.05) is 19.7 Å². The number of amides is 2. The van der Waals surface area contributed by atoms with Crippen LogP contribution in [0.3, 0.4) is 0 Å². The third-order valence-electron chi connectivity index (χ3n) is 3.36. The number of carboxylic acid groups (broad SMARTS) is 1. The molecule has 1 fully saturated rings. The fourth-order valence-electron chi connectivity index (χ4n) is 2.29. The lowest BCUT2D eigenvalue weighted by Crippen LogP contribution is -2.48. The molecule has 110 valence electrons. The Morgan fingerprint density at radius 2 is 2.21 bits per heavy atom. The largest absolute Gasteiger partial charge is 0.481 e. The van der Waals surface area contributed by atoms with E-state index < -0.39 is 5.97 Å². The zero-order chi connectivity index (χ0) is 14.3. The average molecular weight is 272 g/mol. The fourth-order valence-corrected chi connectivity index (χ4v) is 2.29. The summed E-state index contributed by atoms with van der Waals surface area (Å²) in [5.74, 6) is -0.894. The predicted octanol–water partition coefficient (Wildman–Crippen LogP) is 1.45. The van der Waals surface area contributed by atoms with Crippen molar-refractivity contribution in [3.8, 4) is 0 Å². The molecule has 0 spiro atoms. The van der Waals surface area contributed by atoms with Crippen LogP contribution in [0.2, 0.25) is 0 Å². The lowest BCUT2D eigenvalue weighted by atomic mass is 10.1. The van der Waals surface area contributed by atoms with Gasteiger partial charge in [0.15, 0.2) is 0 Å². The van der Waals surface area contributed by atoms with Crippen LogP contribution in [-0.2, 0) is 9.53 Å². The van der Waals surface area contributed by atoms with E-state index >= 15 is 0 Å². The maximum atomic E-state index is 12.0. The first-order chi connectivity index (χ1) is 9.04. The molecule has 1 saturated heterocycles. The van der Waals surface area contributed by atoms with E-state index in [0.717, 1.165) is 25.9 Å². The molecule has 6 nitrogen and oxygen atoms in total. The summed E-state index contributed by atoms with van der Waals surface area (Å²) in [5, 5.41) is 11.6. The Balaban J connectivity index is 2.37. The highest BCUT2D eigenvalue weighted by molar-refractivity contribution is 5.75. The first-order valence-corrected chi connectivity index (χ1v) is 6.92. The minimum Gasteiger partial charge on any atom is -0.481 e. The number of ether oxygens (including phenoxy) is 1. The first kappa shape index (κ1) is 15.8. The minimum atomic E-state index is -0.894. The van der Waals surface area contributed by atoms with Crippen LogP contribution in [0.15, 0.2) is 0 Å². The van der Waals surface area contributed by atoms with Gasteiger partial charge in [-0.25, -0.2) is 4.79 Å². The molecule has 1 heterocycles. The molecule has 2 amide bonds. The molecule has 2 N–H and O–H groups in total. The number of carboxylic acids is 1.